The molecule has 18 heavy (non-hydrogen) atoms. The van der Waals surface area contributed by atoms with Gasteiger partial charge < -0.3 is 9.84 Å². The lowest BCUT2D eigenvalue weighted by atomic mass is 10.00. The number of hydrogen-bond donors (Lipinski definition) is 1. The van der Waals surface area contributed by atoms with Gasteiger partial charge in [-0.05, 0) is 54.1 Å². The molecule has 0 spiro atoms. The number of thiophene rings is 1. The van der Waals surface area contributed by atoms with E-state index in [-0.39, 0.29) is 0 Å². The zero-order chi connectivity index (χ0) is 13.3. The molecule has 0 aliphatic heterocycles. The molecule has 2 rings (SSSR count). The van der Waals surface area contributed by atoms with Crippen LogP contribution in [0.2, 0.25) is 0 Å². The summed E-state index contributed by atoms with van der Waals surface area (Å²) >= 11 is 1.24. The molecule has 1 N–H and O–H groups in total. The van der Waals surface area contributed by atoms with Crippen LogP contribution in [0.15, 0.2) is 23.6 Å². The summed E-state index contributed by atoms with van der Waals surface area (Å²) in [6, 6.07) is 5.76. The van der Waals surface area contributed by atoms with E-state index in [2.05, 4.69) is 0 Å². The van der Waals surface area contributed by atoms with Crippen molar-refractivity contribution in [3.63, 3.8) is 0 Å². The highest BCUT2D eigenvalue weighted by Gasteiger charge is 2.15. The van der Waals surface area contributed by atoms with Crippen LogP contribution in [0.5, 0.6) is 5.75 Å². The van der Waals surface area contributed by atoms with E-state index in [0.717, 1.165) is 28.0 Å². The topological polar surface area (TPSA) is 46.5 Å². The predicted molar refractivity (Wildman–Crippen MR) is 72.7 cm³/mol. The zero-order valence-electron chi connectivity index (χ0n) is 10.5. The molecule has 0 saturated carbocycles. The molecule has 94 valence electrons. The van der Waals surface area contributed by atoms with Crippen molar-refractivity contribution >= 4 is 17.3 Å². The van der Waals surface area contributed by atoms with E-state index in [1.165, 1.54) is 11.3 Å². The molecule has 0 atom stereocenters. The summed E-state index contributed by atoms with van der Waals surface area (Å²) < 4.78 is 5.31. The molecule has 2 aromatic rings. The number of carboxylic acids is 1. The quantitative estimate of drug-likeness (QED) is 0.916. The number of hydrogen-bond acceptors (Lipinski definition) is 3. The first-order valence-corrected chi connectivity index (χ1v) is 6.39. The normalized spacial score (nSPS) is 10.4. The van der Waals surface area contributed by atoms with Crippen molar-refractivity contribution in [2.75, 3.05) is 7.11 Å². The molecule has 0 unspecified atom stereocenters. The summed E-state index contributed by atoms with van der Waals surface area (Å²) in [7, 11) is 1.64. The first kappa shape index (κ1) is 12.6. The fourth-order valence-electron chi connectivity index (χ4n) is 2.13. The van der Waals surface area contributed by atoms with Crippen LogP contribution in [0.3, 0.4) is 0 Å². The Morgan fingerprint density at radius 1 is 1.28 bits per heavy atom. The Morgan fingerprint density at radius 2 is 1.89 bits per heavy atom. The number of carbonyl (C=O) groups is 1. The fraction of sp³-hybridized carbons (Fsp3) is 0.214. The Hall–Kier alpha value is -1.81. The van der Waals surface area contributed by atoms with Crippen LogP contribution in [-0.4, -0.2) is 18.2 Å². The van der Waals surface area contributed by atoms with Crippen LogP contribution in [0.25, 0.3) is 11.1 Å². The number of benzene rings is 1. The third kappa shape index (κ3) is 2.11. The lowest BCUT2D eigenvalue weighted by Gasteiger charge is -2.11. The predicted octanol–water partition coefficient (Wildman–Crippen LogP) is 3.74. The third-order valence-electron chi connectivity index (χ3n) is 2.83. The lowest BCUT2D eigenvalue weighted by molar-refractivity contribution is 0.0703. The van der Waals surface area contributed by atoms with Crippen molar-refractivity contribution in [2.45, 2.75) is 13.8 Å². The minimum Gasteiger partial charge on any atom is -0.496 e. The molecule has 1 heterocycles. The second kappa shape index (κ2) is 4.82. The Balaban J connectivity index is 2.58. The molecule has 0 amide bonds. The van der Waals surface area contributed by atoms with Gasteiger partial charge in [-0.2, -0.15) is 0 Å². The molecular formula is C14H14O3S. The fourth-order valence-corrected chi connectivity index (χ4v) is 2.88. The Morgan fingerprint density at radius 3 is 2.39 bits per heavy atom. The molecule has 0 saturated heterocycles. The minimum absolute atomic E-state index is 0.374. The maximum Gasteiger partial charge on any atom is 0.346 e. The maximum atomic E-state index is 11.1. The molecule has 4 heteroatoms. The van der Waals surface area contributed by atoms with Gasteiger partial charge in [0.05, 0.1) is 7.11 Å². The number of carboxylic acid groups (broad SMARTS) is 1. The molecule has 0 fully saturated rings. The first-order valence-electron chi connectivity index (χ1n) is 5.51. The van der Waals surface area contributed by atoms with E-state index in [1.807, 2.05) is 32.0 Å². The van der Waals surface area contributed by atoms with Crippen LogP contribution in [-0.2, 0) is 0 Å². The van der Waals surface area contributed by atoms with Crippen LogP contribution in [0, 0.1) is 13.8 Å². The van der Waals surface area contributed by atoms with E-state index in [0.29, 0.717) is 4.88 Å². The molecule has 0 aliphatic rings. The van der Waals surface area contributed by atoms with Gasteiger partial charge in [0.15, 0.2) is 0 Å². The van der Waals surface area contributed by atoms with E-state index in [4.69, 9.17) is 9.84 Å². The molecule has 0 bridgehead atoms. The number of aryl methyl sites for hydroxylation is 2. The van der Waals surface area contributed by atoms with Gasteiger partial charge in [-0.3, -0.25) is 0 Å². The third-order valence-corrected chi connectivity index (χ3v) is 3.74. The molecule has 0 radical (unpaired) electrons. The van der Waals surface area contributed by atoms with Crippen molar-refractivity contribution in [1.29, 1.82) is 0 Å². The number of ether oxygens (including phenoxy) is 1. The Labute approximate surface area is 110 Å². The van der Waals surface area contributed by atoms with Gasteiger partial charge in [-0.15, -0.1) is 11.3 Å². The van der Waals surface area contributed by atoms with E-state index in [9.17, 15) is 4.79 Å². The second-order valence-corrected chi connectivity index (χ2v) is 5.03. The highest BCUT2D eigenvalue weighted by atomic mass is 32.1. The molecule has 1 aromatic heterocycles. The van der Waals surface area contributed by atoms with E-state index < -0.39 is 5.97 Å². The summed E-state index contributed by atoms with van der Waals surface area (Å²) in [6.45, 7) is 3.92. The van der Waals surface area contributed by atoms with Crippen molar-refractivity contribution in [3.05, 3.63) is 39.6 Å². The highest BCUT2D eigenvalue weighted by Crippen LogP contribution is 2.33. The smallest absolute Gasteiger partial charge is 0.346 e. The molecule has 3 nitrogen and oxygen atoms in total. The van der Waals surface area contributed by atoms with Gasteiger partial charge in [0, 0.05) is 5.56 Å². The number of aromatic carboxylic acids is 1. The van der Waals surface area contributed by atoms with E-state index in [1.54, 1.807) is 12.5 Å². The van der Waals surface area contributed by atoms with Crippen molar-refractivity contribution in [2.24, 2.45) is 0 Å². The van der Waals surface area contributed by atoms with Crippen molar-refractivity contribution in [3.8, 4) is 16.9 Å². The van der Waals surface area contributed by atoms with Crippen LogP contribution in [0.4, 0.5) is 0 Å². The van der Waals surface area contributed by atoms with Gasteiger partial charge in [-0.25, -0.2) is 4.79 Å². The monoisotopic (exact) mass is 262 g/mol. The van der Waals surface area contributed by atoms with Crippen LogP contribution < -0.4 is 4.74 Å². The summed E-state index contributed by atoms with van der Waals surface area (Å²) in [4.78, 5) is 11.5. The largest absolute Gasteiger partial charge is 0.496 e. The second-order valence-electron chi connectivity index (χ2n) is 4.11. The van der Waals surface area contributed by atoms with Crippen molar-refractivity contribution in [1.82, 2.24) is 0 Å². The van der Waals surface area contributed by atoms with Crippen molar-refractivity contribution < 1.29 is 14.6 Å². The van der Waals surface area contributed by atoms with Gasteiger partial charge >= 0.3 is 5.97 Å². The SMILES string of the molecule is COc1c(C)cc(-c2ccsc2C(=O)O)cc1C. The molecule has 1 aromatic carbocycles. The molecule has 0 aliphatic carbocycles. The van der Waals surface area contributed by atoms with Crippen LogP contribution in [0.1, 0.15) is 20.8 Å². The number of rotatable bonds is 3. The number of methoxy groups -OCH3 is 1. The standard InChI is InChI=1S/C14H14O3S/c1-8-6-10(7-9(2)12(8)17-3)11-4-5-18-13(11)14(15)16/h4-7H,1-3H3,(H,15,16). The summed E-state index contributed by atoms with van der Waals surface area (Å²) in [5.41, 5.74) is 3.70. The maximum absolute atomic E-state index is 11.1. The lowest BCUT2D eigenvalue weighted by Crippen LogP contribution is -1.96. The zero-order valence-corrected chi connectivity index (χ0v) is 11.3. The van der Waals surface area contributed by atoms with Crippen LogP contribution >= 0.6 is 11.3 Å². The average molecular weight is 262 g/mol. The average Bonchev–Trinajstić information content (AvgIpc) is 2.77. The molecular weight excluding hydrogens is 248 g/mol. The summed E-state index contributed by atoms with van der Waals surface area (Å²) in [5.74, 6) is -0.0306. The van der Waals surface area contributed by atoms with E-state index >= 15 is 0 Å². The van der Waals surface area contributed by atoms with Gasteiger partial charge in [0.1, 0.15) is 10.6 Å². The first-order chi connectivity index (χ1) is 8.54. The Bertz CT molecular complexity index is 576. The highest BCUT2D eigenvalue weighted by molar-refractivity contribution is 7.12. The van der Waals surface area contributed by atoms with Gasteiger partial charge in [-0.1, -0.05) is 0 Å². The Kier molecular flexibility index (Phi) is 3.39. The summed E-state index contributed by atoms with van der Waals surface area (Å²) in [5, 5.41) is 10.9. The van der Waals surface area contributed by atoms with Gasteiger partial charge in [0.2, 0.25) is 0 Å². The van der Waals surface area contributed by atoms with Gasteiger partial charge in [0.25, 0.3) is 0 Å². The minimum atomic E-state index is -0.883. The summed E-state index contributed by atoms with van der Waals surface area (Å²) in [6.07, 6.45) is 0.